The molecule has 0 radical (unpaired) electrons. The number of carbonyl (C=O) groups excluding carboxylic acids is 5. The van der Waals surface area contributed by atoms with Crippen LogP contribution in [0.25, 0.3) is 44.7 Å². The number of hydrogen-bond donors (Lipinski definition) is 15. The molecule has 12 rings (SSSR count). The van der Waals surface area contributed by atoms with E-state index in [0.717, 1.165) is 0 Å². The van der Waals surface area contributed by atoms with Crippen LogP contribution in [0.2, 0.25) is 0 Å². The number of ether oxygens (including phenoxy) is 9. The highest BCUT2D eigenvalue weighted by molar-refractivity contribution is 5.93. The number of carboxylic acid groups (broad SMARTS) is 1. The van der Waals surface area contributed by atoms with Gasteiger partial charge in [0.05, 0.1) is 48.3 Å². The molecule has 4 saturated heterocycles. The molecule has 4 unspecified atom stereocenters. The van der Waals surface area contributed by atoms with Crippen molar-refractivity contribution < 1.29 is 110 Å². The molecule has 0 aromatic carbocycles. The number of aliphatic hydroxyl groups excluding tert-OH is 5. The number of methoxy groups -OCH3 is 5. The van der Waals surface area contributed by atoms with E-state index in [1.165, 1.54) is 79.1 Å². The van der Waals surface area contributed by atoms with E-state index in [9.17, 15) is 83.7 Å². The average Bonchev–Trinajstić information content (AvgIpc) is 1.62. The third-order valence-corrected chi connectivity index (χ3v) is 16.9. The highest BCUT2D eigenvalue weighted by atomic mass is 16.6. The molecule has 4 amide bonds. The van der Waals surface area contributed by atoms with Gasteiger partial charge >= 0.3 is 11.9 Å². The molecule has 12 heterocycles. The van der Waals surface area contributed by atoms with Gasteiger partial charge in [0.15, 0.2) is 81.8 Å². The summed E-state index contributed by atoms with van der Waals surface area (Å²) in [4.78, 5) is 162. The molecular weight excluding hydrogens is 1430 g/mol. The van der Waals surface area contributed by atoms with E-state index < -0.39 is 146 Å². The van der Waals surface area contributed by atoms with Gasteiger partial charge < -0.3 is 78.4 Å². The van der Waals surface area contributed by atoms with E-state index >= 15 is 0 Å². The minimum Gasteiger partial charge on any atom is -0.479 e. The Balaban J connectivity index is 0.000000168. The molecule has 0 saturated carbocycles. The Kier molecular flexibility index (Phi) is 24.7. The lowest BCUT2D eigenvalue weighted by molar-refractivity contribution is -0.159. The molecule has 4 fully saturated rings. The number of nitrogens with one attached hydrogen (secondary N) is 8. The maximum atomic E-state index is 12.3. The second-order valence-corrected chi connectivity index (χ2v) is 25.4. The molecule has 4 aliphatic heterocycles. The van der Waals surface area contributed by atoms with Gasteiger partial charge in [0.2, 0.25) is 47.4 Å². The topological polar surface area (TPSA) is 630 Å². The number of hydrogen-bond acceptors (Lipinski definition) is 33. The third-order valence-electron chi connectivity index (χ3n) is 16.9. The van der Waals surface area contributed by atoms with Crippen LogP contribution in [0.3, 0.4) is 0 Å². The Morgan fingerprint density at radius 2 is 0.710 bits per heavy atom. The summed E-state index contributed by atoms with van der Waals surface area (Å²) in [6.45, 7) is 10.3. The Morgan fingerprint density at radius 3 is 0.972 bits per heavy atom. The monoisotopic (exact) mass is 1510 g/mol. The summed E-state index contributed by atoms with van der Waals surface area (Å²) in [5.74, 6) is -5.02. The van der Waals surface area contributed by atoms with Crippen molar-refractivity contribution in [1.82, 2.24) is 78.1 Å². The number of anilines is 4. The van der Waals surface area contributed by atoms with Crippen LogP contribution in [0, 0.1) is 23.7 Å². The molecule has 8 aromatic heterocycles. The minimum absolute atomic E-state index is 0.00277. The average molecular weight is 1510 g/mol. The maximum absolute atomic E-state index is 12.3. The van der Waals surface area contributed by atoms with Crippen molar-refractivity contribution in [3.8, 4) is 0 Å². The quantitative estimate of drug-likeness (QED) is 0.0325. The summed E-state index contributed by atoms with van der Waals surface area (Å²) < 4.78 is 67.9. The van der Waals surface area contributed by atoms with Crippen molar-refractivity contribution in [3.05, 3.63) is 66.7 Å². The number of aromatic nitrogens is 16. The number of amides is 4. The SMILES string of the molecule is COC(=O)[C@H]1O[C@@H](n2cnc3c(=O)[nH]c(NC(=O)C(C)C)nc32)C(OC)[C@H]1O.COC1[C@@H](O)[C@@H](C(=O)O)O[C@H]1n1cnc2c(=O)[nH]c(NC(=O)C(C)C)nc21.COC1[C@@H](O)[C@@H](CO)O[C@H]1n1cnc2c(=O)[nH]c(NC(=O)C(C)C)nc21.[2H]C([2H])(O)[C@H]1O[C@@H](n2cnc3c(=O)[nH]c(NC(=O)C(C)C)nc32)C(OC)[C@H]1O. The number of H-pyrrole nitrogens is 4. The molecule has 582 valence electrons. The number of rotatable bonds is 20. The van der Waals surface area contributed by atoms with E-state index in [0.29, 0.717) is 0 Å². The van der Waals surface area contributed by atoms with Crippen LogP contribution in [-0.2, 0) is 71.4 Å². The molecular formula is C61H82N20O26. The van der Waals surface area contributed by atoms with Crippen molar-refractivity contribution in [2.24, 2.45) is 23.7 Å². The summed E-state index contributed by atoms with van der Waals surface area (Å²) >= 11 is 0. The highest BCUT2D eigenvalue weighted by Gasteiger charge is 2.52. The molecule has 0 bridgehead atoms. The number of aliphatic hydroxyl groups is 6. The number of esters is 1. The van der Waals surface area contributed by atoms with Gasteiger partial charge in [-0.05, 0) is 0 Å². The van der Waals surface area contributed by atoms with Crippen LogP contribution in [0.4, 0.5) is 23.8 Å². The van der Waals surface area contributed by atoms with Crippen molar-refractivity contribution in [3.63, 3.8) is 0 Å². The van der Waals surface area contributed by atoms with E-state index in [4.69, 9.17) is 40.6 Å². The van der Waals surface area contributed by atoms with Crippen LogP contribution >= 0.6 is 0 Å². The Labute approximate surface area is 604 Å². The van der Waals surface area contributed by atoms with Gasteiger partial charge in [0.25, 0.3) is 22.2 Å². The fourth-order valence-electron chi connectivity index (χ4n) is 11.1. The predicted molar refractivity (Wildman–Crippen MR) is 363 cm³/mol. The van der Waals surface area contributed by atoms with Crippen LogP contribution in [0.1, 0.15) is 83.0 Å². The number of aromatic amines is 4. The van der Waals surface area contributed by atoms with Crippen LogP contribution < -0.4 is 43.5 Å². The van der Waals surface area contributed by atoms with Gasteiger partial charge in [-0.3, -0.25) is 97.8 Å². The fourth-order valence-corrected chi connectivity index (χ4v) is 11.1. The van der Waals surface area contributed by atoms with Crippen molar-refractivity contribution in [2.75, 3.05) is 70.0 Å². The highest BCUT2D eigenvalue weighted by Crippen LogP contribution is 2.37. The molecule has 46 nitrogen and oxygen atoms in total. The largest absolute Gasteiger partial charge is 0.479 e. The normalized spacial score (nSPS) is 25.8. The zero-order valence-electron chi connectivity index (χ0n) is 61.3. The van der Waals surface area contributed by atoms with Crippen molar-refractivity contribution >= 4 is 104 Å². The lowest BCUT2D eigenvalue weighted by atomic mass is 10.1. The predicted octanol–water partition coefficient (Wildman–Crippen LogP) is -3.81. The second-order valence-electron chi connectivity index (χ2n) is 25.4. The maximum Gasteiger partial charge on any atom is 0.337 e. The molecule has 107 heavy (non-hydrogen) atoms. The molecule has 0 aliphatic carbocycles. The lowest BCUT2D eigenvalue weighted by Crippen LogP contribution is -2.37. The number of fused-ring (bicyclic) bond motifs is 4. The van der Waals surface area contributed by atoms with Gasteiger partial charge in [0.1, 0.15) is 61.0 Å². The first-order chi connectivity index (χ1) is 51.4. The van der Waals surface area contributed by atoms with Gasteiger partial charge in [-0.2, -0.15) is 19.9 Å². The second kappa shape index (κ2) is 34.1. The summed E-state index contributed by atoms with van der Waals surface area (Å²) in [7, 11) is 6.50. The summed E-state index contributed by atoms with van der Waals surface area (Å²) in [6, 6.07) is 0. The Bertz CT molecular complexity index is 4890. The first-order valence-electron chi connectivity index (χ1n) is 33.6. The van der Waals surface area contributed by atoms with Gasteiger partial charge in [-0.25, -0.2) is 29.5 Å². The fraction of sp³-hybridized carbons (Fsp3) is 0.574. The standard InChI is InChI=1S/C16H21N5O7.C15H19N5O7.2C15H21N5O6/c1-6(2)12(23)19-16-18-11-7(13(24)20-16)17-5-21(11)14-9(26-3)8(22)10(28-14)15(25)27-4;1-5(2)11(22)18-15-17-10-6(12(23)19-15)16-4-20(10)13-8(26-3)7(21)9(27-13)14(24)25;2*1-6(2)12(23)18-15-17-11-8(13(24)19-15)16-5-20(11)14-10(25-3)9(22)7(4-21)26-14/h5-6,8-10,14,22H,1-4H3,(H2,18,19,20,23,24);4-5,7-9,13,21H,1-3H3,(H,24,25)(H2,17,18,19,22,23);2*5-7,9-10,14,21-22H,4H2,1-3H3,(H2,17,18,19,23,24)/t8-,9?,10+,14-;7-,8?,9+,13-;2*7-,9+,10?,14-/m1111/s1/i;;4D2;. The van der Waals surface area contributed by atoms with E-state index in [-0.39, 0.29) is 116 Å². The number of aliphatic carboxylic acids is 1. The zero-order valence-corrected chi connectivity index (χ0v) is 59.3. The van der Waals surface area contributed by atoms with E-state index in [2.05, 4.69) is 85.8 Å². The summed E-state index contributed by atoms with van der Waals surface area (Å²) in [5.41, 5.74) is -2.02. The smallest absolute Gasteiger partial charge is 0.337 e. The molecule has 0 spiro atoms. The Morgan fingerprint density at radius 1 is 0.449 bits per heavy atom. The molecule has 46 heteroatoms. The van der Waals surface area contributed by atoms with Crippen LogP contribution in [0.5, 0.6) is 0 Å². The van der Waals surface area contributed by atoms with Crippen LogP contribution in [-0.4, -0.2) is 271 Å². The molecule has 16 atom stereocenters. The summed E-state index contributed by atoms with van der Waals surface area (Å²) in [5, 5.41) is 79.1. The first-order valence-corrected chi connectivity index (χ1v) is 32.6. The van der Waals surface area contributed by atoms with Gasteiger partial charge in [-0.1, -0.05) is 55.4 Å². The lowest BCUT2D eigenvalue weighted by Gasteiger charge is -2.20. The van der Waals surface area contributed by atoms with Crippen molar-refractivity contribution in [2.45, 2.75) is 154 Å². The number of carbonyl (C=O) groups is 6. The number of nitrogens with zero attached hydrogens (tertiary/aromatic N) is 12. The van der Waals surface area contributed by atoms with Crippen LogP contribution in [0.15, 0.2) is 44.5 Å². The summed E-state index contributed by atoms with van der Waals surface area (Å²) in [6.07, 6.45) is -13.3. The third kappa shape index (κ3) is 16.8. The molecule has 8 aromatic rings. The Hall–Kier alpha value is -10.3. The molecule has 15 N–H and O–H groups in total. The number of imidazole rings is 4. The minimum atomic E-state index is -2.83. The number of carboxylic acids is 1. The molecule has 4 aliphatic rings. The van der Waals surface area contributed by atoms with Crippen molar-refractivity contribution in [1.29, 1.82) is 0 Å². The van der Waals surface area contributed by atoms with E-state index in [1.54, 1.807) is 55.4 Å². The first kappa shape index (κ1) is 77.8. The van der Waals surface area contributed by atoms with Gasteiger partial charge in [0, 0.05) is 52.1 Å². The zero-order chi connectivity index (χ0) is 80.3. The van der Waals surface area contributed by atoms with Gasteiger partial charge in [-0.15, -0.1) is 0 Å². The van der Waals surface area contributed by atoms with E-state index in [1.807, 2.05) is 0 Å².